The Balaban J connectivity index is 1.82. The molecule has 1 aliphatic heterocycles. The third-order valence-electron chi connectivity index (χ3n) is 3.22. The van der Waals surface area contributed by atoms with Gasteiger partial charge in [0.2, 0.25) is 10.0 Å². The van der Waals surface area contributed by atoms with Gasteiger partial charge in [-0.05, 0) is 57.3 Å². The molecule has 1 aromatic rings. The molecule has 0 amide bonds. The van der Waals surface area contributed by atoms with Crippen LogP contribution in [0.25, 0.3) is 0 Å². The third-order valence-corrected chi connectivity index (χ3v) is 6.18. The Morgan fingerprint density at radius 2 is 2.33 bits per heavy atom. The molecule has 1 fully saturated rings. The zero-order chi connectivity index (χ0) is 13.0. The van der Waals surface area contributed by atoms with Gasteiger partial charge < -0.3 is 5.32 Å². The number of nitrogens with one attached hydrogen (secondary N) is 2. The Hall–Kier alpha value is -0.430. The fraction of sp³-hybridized carbons (Fsp3) is 0.667. The van der Waals surface area contributed by atoms with E-state index in [-0.39, 0.29) is 0 Å². The molecular formula is C12H20N2O2S2. The van der Waals surface area contributed by atoms with Gasteiger partial charge in [-0.25, -0.2) is 13.1 Å². The van der Waals surface area contributed by atoms with Gasteiger partial charge in [0.05, 0.1) is 0 Å². The topological polar surface area (TPSA) is 58.2 Å². The number of aryl methyl sites for hydroxylation is 1. The summed E-state index contributed by atoms with van der Waals surface area (Å²) in [6.07, 6.45) is 3.31. The average Bonchev–Trinajstić information content (AvgIpc) is 2.78. The van der Waals surface area contributed by atoms with E-state index in [4.69, 9.17) is 0 Å². The SMILES string of the molecule is Cc1ccc(S(=O)(=O)NCCC2CCCNC2)s1. The molecule has 2 rings (SSSR count). The van der Waals surface area contributed by atoms with E-state index in [0.29, 0.717) is 16.7 Å². The molecule has 1 atom stereocenters. The largest absolute Gasteiger partial charge is 0.316 e. The van der Waals surface area contributed by atoms with E-state index in [2.05, 4.69) is 10.0 Å². The molecule has 0 bridgehead atoms. The maximum absolute atomic E-state index is 12.0. The zero-order valence-corrected chi connectivity index (χ0v) is 12.2. The van der Waals surface area contributed by atoms with E-state index in [1.165, 1.54) is 24.2 Å². The van der Waals surface area contributed by atoms with Gasteiger partial charge in [0.25, 0.3) is 0 Å². The van der Waals surface area contributed by atoms with E-state index in [9.17, 15) is 8.42 Å². The lowest BCUT2D eigenvalue weighted by Crippen LogP contribution is -2.33. The summed E-state index contributed by atoms with van der Waals surface area (Å²) in [7, 11) is -3.29. The minimum atomic E-state index is -3.29. The second kappa shape index (κ2) is 6.14. The van der Waals surface area contributed by atoms with Gasteiger partial charge in [0.15, 0.2) is 0 Å². The van der Waals surface area contributed by atoms with Crippen molar-refractivity contribution in [2.45, 2.75) is 30.4 Å². The predicted octanol–water partition coefficient (Wildman–Crippen LogP) is 1.72. The molecule has 0 radical (unpaired) electrons. The van der Waals surface area contributed by atoms with E-state index < -0.39 is 10.0 Å². The average molecular weight is 288 g/mol. The highest BCUT2D eigenvalue weighted by molar-refractivity contribution is 7.91. The quantitative estimate of drug-likeness (QED) is 0.867. The summed E-state index contributed by atoms with van der Waals surface area (Å²) in [5, 5.41) is 3.34. The maximum Gasteiger partial charge on any atom is 0.250 e. The van der Waals surface area contributed by atoms with Crippen molar-refractivity contribution in [3.8, 4) is 0 Å². The summed E-state index contributed by atoms with van der Waals surface area (Å²) in [5.41, 5.74) is 0. The van der Waals surface area contributed by atoms with Crippen LogP contribution in [-0.2, 0) is 10.0 Å². The number of piperidine rings is 1. The van der Waals surface area contributed by atoms with Gasteiger partial charge in [-0.2, -0.15) is 0 Å². The van der Waals surface area contributed by atoms with Gasteiger partial charge in [-0.3, -0.25) is 0 Å². The highest BCUT2D eigenvalue weighted by Crippen LogP contribution is 2.20. The van der Waals surface area contributed by atoms with Crippen molar-refractivity contribution >= 4 is 21.4 Å². The molecular weight excluding hydrogens is 268 g/mol. The van der Waals surface area contributed by atoms with Gasteiger partial charge in [-0.1, -0.05) is 0 Å². The molecule has 0 saturated carbocycles. The monoisotopic (exact) mass is 288 g/mol. The summed E-state index contributed by atoms with van der Waals surface area (Å²) >= 11 is 1.32. The Morgan fingerprint density at radius 1 is 1.50 bits per heavy atom. The Kier molecular flexibility index (Phi) is 4.77. The molecule has 1 unspecified atom stereocenters. The number of sulfonamides is 1. The van der Waals surface area contributed by atoms with Crippen LogP contribution in [0.4, 0.5) is 0 Å². The van der Waals surface area contributed by atoms with Crippen molar-refractivity contribution in [2.75, 3.05) is 19.6 Å². The van der Waals surface area contributed by atoms with E-state index in [1.807, 2.05) is 13.0 Å². The second-order valence-corrected chi connectivity index (χ2v) is 8.05. The molecule has 6 heteroatoms. The summed E-state index contributed by atoms with van der Waals surface area (Å²) < 4.78 is 27.1. The van der Waals surface area contributed by atoms with Crippen molar-refractivity contribution in [1.29, 1.82) is 0 Å². The second-order valence-electron chi connectivity index (χ2n) is 4.76. The highest BCUT2D eigenvalue weighted by atomic mass is 32.2. The summed E-state index contributed by atoms with van der Waals surface area (Å²) in [6.45, 7) is 4.56. The fourth-order valence-corrected chi connectivity index (χ4v) is 4.57. The Morgan fingerprint density at radius 3 is 2.94 bits per heavy atom. The first-order chi connectivity index (χ1) is 8.58. The van der Waals surface area contributed by atoms with Gasteiger partial charge in [0.1, 0.15) is 4.21 Å². The minimum Gasteiger partial charge on any atom is -0.316 e. The zero-order valence-electron chi connectivity index (χ0n) is 10.6. The van der Waals surface area contributed by atoms with E-state index in [1.54, 1.807) is 6.07 Å². The van der Waals surface area contributed by atoms with Crippen molar-refractivity contribution in [1.82, 2.24) is 10.0 Å². The predicted molar refractivity (Wildman–Crippen MR) is 74.5 cm³/mol. The molecule has 2 heterocycles. The summed E-state index contributed by atoms with van der Waals surface area (Å²) in [6, 6.07) is 3.51. The van der Waals surface area contributed by atoms with Crippen LogP contribution in [0.1, 0.15) is 24.1 Å². The number of hydrogen-bond acceptors (Lipinski definition) is 4. The number of hydrogen-bond donors (Lipinski definition) is 2. The number of thiophene rings is 1. The summed E-state index contributed by atoms with van der Waals surface area (Å²) in [5.74, 6) is 0.603. The first-order valence-corrected chi connectivity index (χ1v) is 8.65. The summed E-state index contributed by atoms with van der Waals surface area (Å²) in [4.78, 5) is 1.02. The van der Waals surface area contributed by atoms with Crippen LogP contribution in [0, 0.1) is 12.8 Å². The van der Waals surface area contributed by atoms with Crippen LogP contribution in [0.3, 0.4) is 0 Å². The van der Waals surface area contributed by atoms with E-state index in [0.717, 1.165) is 24.4 Å². The Bertz CT molecular complexity index is 476. The maximum atomic E-state index is 12.0. The molecule has 4 nitrogen and oxygen atoms in total. The minimum absolute atomic E-state index is 0.418. The van der Waals surface area contributed by atoms with Crippen molar-refractivity contribution < 1.29 is 8.42 Å². The molecule has 102 valence electrons. The fourth-order valence-electron chi connectivity index (χ4n) is 2.20. The molecule has 0 aliphatic carbocycles. The molecule has 1 aromatic heterocycles. The molecule has 2 N–H and O–H groups in total. The molecule has 18 heavy (non-hydrogen) atoms. The first-order valence-electron chi connectivity index (χ1n) is 6.35. The van der Waals surface area contributed by atoms with Crippen molar-refractivity contribution in [3.05, 3.63) is 17.0 Å². The number of rotatable bonds is 5. The lowest BCUT2D eigenvalue weighted by atomic mass is 9.96. The van der Waals surface area contributed by atoms with Crippen LogP contribution < -0.4 is 10.0 Å². The molecule has 1 saturated heterocycles. The van der Waals surface area contributed by atoms with Crippen LogP contribution in [0.2, 0.25) is 0 Å². The molecule has 0 spiro atoms. The molecule has 0 aromatic carbocycles. The van der Waals surface area contributed by atoms with Crippen LogP contribution in [0.15, 0.2) is 16.3 Å². The van der Waals surface area contributed by atoms with Crippen LogP contribution in [-0.4, -0.2) is 28.1 Å². The third kappa shape index (κ3) is 3.78. The standard InChI is InChI=1S/C12H20N2O2S2/c1-10-4-5-12(17-10)18(15,16)14-8-6-11-3-2-7-13-9-11/h4-5,11,13-14H,2-3,6-9H2,1H3. The van der Waals surface area contributed by atoms with Crippen molar-refractivity contribution in [3.63, 3.8) is 0 Å². The van der Waals surface area contributed by atoms with E-state index >= 15 is 0 Å². The van der Waals surface area contributed by atoms with Gasteiger partial charge >= 0.3 is 0 Å². The van der Waals surface area contributed by atoms with Gasteiger partial charge in [0, 0.05) is 11.4 Å². The smallest absolute Gasteiger partial charge is 0.250 e. The van der Waals surface area contributed by atoms with Gasteiger partial charge in [-0.15, -0.1) is 11.3 Å². The lowest BCUT2D eigenvalue weighted by Gasteiger charge is -2.22. The molecule has 1 aliphatic rings. The highest BCUT2D eigenvalue weighted by Gasteiger charge is 2.17. The van der Waals surface area contributed by atoms with Crippen molar-refractivity contribution in [2.24, 2.45) is 5.92 Å². The van der Waals surface area contributed by atoms with Crippen LogP contribution >= 0.6 is 11.3 Å². The van der Waals surface area contributed by atoms with Crippen LogP contribution in [0.5, 0.6) is 0 Å². The Labute approximate surface area is 113 Å². The normalized spacial score (nSPS) is 21.1. The first kappa shape index (κ1) is 14.0. The lowest BCUT2D eigenvalue weighted by molar-refractivity contribution is 0.358.